The summed E-state index contributed by atoms with van der Waals surface area (Å²) in [5.74, 6) is -0.335. The van der Waals surface area contributed by atoms with Crippen molar-refractivity contribution >= 4 is 5.97 Å². The Morgan fingerprint density at radius 3 is 2.64 bits per heavy atom. The van der Waals surface area contributed by atoms with Gasteiger partial charge in [0, 0.05) is 13.2 Å². The first-order valence-corrected chi connectivity index (χ1v) is 4.57. The Morgan fingerprint density at radius 1 is 1.50 bits per heavy atom. The standard InChI is InChI=1S/C10H18O4/c1-5-13-10(11)6-8(2)9(3)14-7-12-4/h6,9H,5,7H2,1-4H3/b8-6+/t9-/m0/s1. The van der Waals surface area contributed by atoms with Crippen LogP contribution in [0.1, 0.15) is 20.8 Å². The maximum atomic E-state index is 11.0. The number of hydrogen-bond donors (Lipinski definition) is 0. The third kappa shape index (κ3) is 5.72. The number of methoxy groups -OCH3 is 1. The molecule has 4 heteroatoms. The maximum absolute atomic E-state index is 11.0. The number of carbonyl (C=O) groups is 1. The van der Waals surface area contributed by atoms with Crippen LogP contribution in [-0.4, -0.2) is 32.6 Å². The minimum atomic E-state index is -0.335. The van der Waals surface area contributed by atoms with E-state index >= 15 is 0 Å². The summed E-state index contributed by atoms with van der Waals surface area (Å²) in [5.41, 5.74) is 0.820. The number of hydrogen-bond acceptors (Lipinski definition) is 4. The van der Waals surface area contributed by atoms with E-state index in [1.165, 1.54) is 6.08 Å². The molecule has 0 heterocycles. The highest BCUT2D eigenvalue weighted by Gasteiger charge is 2.06. The molecule has 0 bridgehead atoms. The molecule has 1 atom stereocenters. The zero-order valence-corrected chi connectivity index (χ0v) is 9.20. The second-order valence-electron chi connectivity index (χ2n) is 2.86. The van der Waals surface area contributed by atoms with E-state index < -0.39 is 0 Å². The highest BCUT2D eigenvalue weighted by molar-refractivity contribution is 5.82. The Bertz CT molecular complexity index is 198. The maximum Gasteiger partial charge on any atom is 0.330 e. The molecule has 14 heavy (non-hydrogen) atoms. The van der Waals surface area contributed by atoms with E-state index in [4.69, 9.17) is 14.2 Å². The number of rotatable bonds is 6. The van der Waals surface area contributed by atoms with E-state index in [9.17, 15) is 4.79 Å². The molecular weight excluding hydrogens is 184 g/mol. The Labute approximate surface area is 84.8 Å². The van der Waals surface area contributed by atoms with Crippen LogP contribution in [0, 0.1) is 0 Å². The molecule has 0 radical (unpaired) electrons. The third-order valence-electron chi connectivity index (χ3n) is 1.71. The summed E-state index contributed by atoms with van der Waals surface area (Å²) in [7, 11) is 1.55. The first kappa shape index (κ1) is 13.1. The van der Waals surface area contributed by atoms with Gasteiger partial charge in [0.05, 0.1) is 12.7 Å². The molecule has 0 N–H and O–H groups in total. The van der Waals surface area contributed by atoms with Crippen LogP contribution >= 0.6 is 0 Å². The van der Waals surface area contributed by atoms with Crippen LogP contribution < -0.4 is 0 Å². The number of esters is 1. The van der Waals surface area contributed by atoms with Gasteiger partial charge in [-0.05, 0) is 26.3 Å². The van der Waals surface area contributed by atoms with Gasteiger partial charge in [-0.1, -0.05) is 0 Å². The molecule has 4 nitrogen and oxygen atoms in total. The van der Waals surface area contributed by atoms with E-state index in [1.807, 2.05) is 13.8 Å². The van der Waals surface area contributed by atoms with Gasteiger partial charge in [-0.2, -0.15) is 0 Å². The summed E-state index contributed by atoms with van der Waals surface area (Å²) in [6, 6.07) is 0. The zero-order valence-electron chi connectivity index (χ0n) is 9.20. The predicted octanol–water partition coefficient (Wildman–Crippen LogP) is 1.50. The van der Waals surface area contributed by atoms with Gasteiger partial charge in [0.1, 0.15) is 6.79 Å². The van der Waals surface area contributed by atoms with Gasteiger partial charge in [0.2, 0.25) is 0 Å². The lowest BCUT2D eigenvalue weighted by atomic mass is 10.2. The van der Waals surface area contributed by atoms with Crippen molar-refractivity contribution in [3.05, 3.63) is 11.6 Å². The molecule has 0 aliphatic carbocycles. The predicted molar refractivity (Wildman–Crippen MR) is 52.8 cm³/mol. The molecule has 0 aromatic rings. The molecule has 0 rings (SSSR count). The lowest BCUT2D eigenvalue weighted by molar-refractivity contribution is -0.137. The van der Waals surface area contributed by atoms with Gasteiger partial charge in [-0.15, -0.1) is 0 Å². The van der Waals surface area contributed by atoms with E-state index in [-0.39, 0.29) is 18.9 Å². The smallest absolute Gasteiger partial charge is 0.330 e. The summed E-state index contributed by atoms with van der Waals surface area (Å²) >= 11 is 0. The second-order valence-corrected chi connectivity index (χ2v) is 2.86. The van der Waals surface area contributed by atoms with E-state index in [0.29, 0.717) is 6.61 Å². The van der Waals surface area contributed by atoms with Crippen molar-refractivity contribution in [2.75, 3.05) is 20.5 Å². The van der Waals surface area contributed by atoms with Crippen molar-refractivity contribution in [2.45, 2.75) is 26.9 Å². The quantitative estimate of drug-likeness (QED) is 0.372. The van der Waals surface area contributed by atoms with Gasteiger partial charge in [-0.25, -0.2) is 4.79 Å². The Kier molecular flexibility index (Phi) is 7.06. The van der Waals surface area contributed by atoms with Crippen molar-refractivity contribution in [3.8, 4) is 0 Å². The molecule has 0 spiro atoms. The SMILES string of the molecule is CCOC(=O)/C=C(\C)[C@H](C)OCOC. The third-order valence-corrected chi connectivity index (χ3v) is 1.71. The van der Waals surface area contributed by atoms with Crippen LogP contribution in [0.2, 0.25) is 0 Å². The Balaban J connectivity index is 4.01. The van der Waals surface area contributed by atoms with Gasteiger partial charge in [-0.3, -0.25) is 0 Å². The summed E-state index contributed by atoms with van der Waals surface area (Å²) in [6.07, 6.45) is 1.29. The molecule has 0 saturated heterocycles. The molecule has 0 amide bonds. The fraction of sp³-hybridized carbons (Fsp3) is 0.700. The van der Waals surface area contributed by atoms with Crippen LogP contribution in [0.15, 0.2) is 11.6 Å². The Hall–Kier alpha value is -0.870. The average molecular weight is 202 g/mol. The molecule has 0 aromatic heterocycles. The van der Waals surface area contributed by atoms with Crippen molar-refractivity contribution in [3.63, 3.8) is 0 Å². The monoisotopic (exact) mass is 202 g/mol. The second kappa shape index (κ2) is 7.53. The summed E-state index contributed by atoms with van der Waals surface area (Å²) in [5, 5.41) is 0. The summed E-state index contributed by atoms with van der Waals surface area (Å²) in [6.45, 7) is 6.04. The fourth-order valence-corrected chi connectivity index (χ4v) is 0.789. The van der Waals surface area contributed by atoms with Crippen LogP contribution in [0.5, 0.6) is 0 Å². The van der Waals surface area contributed by atoms with Gasteiger partial charge in [0.25, 0.3) is 0 Å². The van der Waals surface area contributed by atoms with Gasteiger partial charge < -0.3 is 14.2 Å². The molecule has 0 aliphatic rings. The first-order chi connectivity index (χ1) is 6.61. The van der Waals surface area contributed by atoms with Crippen LogP contribution in [-0.2, 0) is 19.0 Å². The largest absolute Gasteiger partial charge is 0.463 e. The highest BCUT2D eigenvalue weighted by Crippen LogP contribution is 2.05. The minimum absolute atomic E-state index is 0.139. The molecule has 0 saturated carbocycles. The average Bonchev–Trinajstić information content (AvgIpc) is 2.14. The molecule has 0 unspecified atom stereocenters. The molecule has 82 valence electrons. The van der Waals surface area contributed by atoms with Gasteiger partial charge >= 0.3 is 5.97 Å². The van der Waals surface area contributed by atoms with Crippen molar-refractivity contribution in [1.29, 1.82) is 0 Å². The van der Waals surface area contributed by atoms with Crippen LogP contribution in [0.25, 0.3) is 0 Å². The van der Waals surface area contributed by atoms with Crippen molar-refractivity contribution < 1.29 is 19.0 Å². The highest BCUT2D eigenvalue weighted by atomic mass is 16.7. The summed E-state index contributed by atoms with van der Waals surface area (Å²) < 4.78 is 14.7. The number of carbonyl (C=O) groups excluding carboxylic acids is 1. The molecule has 0 fully saturated rings. The zero-order chi connectivity index (χ0) is 11.0. The fourth-order valence-electron chi connectivity index (χ4n) is 0.789. The normalized spacial score (nSPS) is 13.9. The molecule has 0 aliphatic heterocycles. The van der Waals surface area contributed by atoms with E-state index in [0.717, 1.165) is 5.57 Å². The number of ether oxygens (including phenoxy) is 3. The van der Waals surface area contributed by atoms with Crippen molar-refractivity contribution in [2.24, 2.45) is 0 Å². The Morgan fingerprint density at radius 2 is 2.14 bits per heavy atom. The van der Waals surface area contributed by atoms with Crippen LogP contribution in [0.4, 0.5) is 0 Å². The molecule has 0 aromatic carbocycles. The lowest BCUT2D eigenvalue weighted by Gasteiger charge is -2.12. The summed E-state index contributed by atoms with van der Waals surface area (Å²) in [4.78, 5) is 11.0. The van der Waals surface area contributed by atoms with Crippen molar-refractivity contribution in [1.82, 2.24) is 0 Å². The first-order valence-electron chi connectivity index (χ1n) is 4.57. The van der Waals surface area contributed by atoms with E-state index in [1.54, 1.807) is 14.0 Å². The van der Waals surface area contributed by atoms with E-state index in [2.05, 4.69) is 0 Å². The van der Waals surface area contributed by atoms with Gasteiger partial charge in [0.15, 0.2) is 0 Å². The lowest BCUT2D eigenvalue weighted by Crippen LogP contribution is -2.13. The molecular formula is C10H18O4. The topological polar surface area (TPSA) is 44.8 Å². The minimum Gasteiger partial charge on any atom is -0.463 e. The van der Waals surface area contributed by atoms with Crippen LogP contribution in [0.3, 0.4) is 0 Å².